The molecule has 0 aliphatic heterocycles. The number of hydrogen-bond donors (Lipinski definition) is 3. The van der Waals surface area contributed by atoms with Crippen LogP contribution in [0.3, 0.4) is 0 Å². The maximum atomic E-state index is 12.4. The summed E-state index contributed by atoms with van der Waals surface area (Å²) in [5.41, 5.74) is 2.25. The van der Waals surface area contributed by atoms with Gasteiger partial charge in [-0.1, -0.05) is 30.7 Å². The largest absolute Gasteiger partial charge is 0.481 e. The Bertz CT molecular complexity index is 828. The lowest BCUT2D eigenvalue weighted by Crippen LogP contribution is -2.41. The number of carbonyl (C=O) groups excluding carboxylic acids is 1. The SMILES string of the molecule is CCc1c(NC(=O)NC2CCC(C(=O)O)CC2)cnn1-c1ccccc1Cl. The zero-order valence-electron chi connectivity index (χ0n) is 15.1. The zero-order chi connectivity index (χ0) is 19.4. The summed E-state index contributed by atoms with van der Waals surface area (Å²) >= 11 is 6.26. The molecule has 8 heteroatoms. The number of carbonyl (C=O) groups is 2. The Kier molecular flexibility index (Phi) is 6.01. The molecule has 3 rings (SSSR count). The number of urea groups is 1. The van der Waals surface area contributed by atoms with E-state index < -0.39 is 5.97 Å². The summed E-state index contributed by atoms with van der Waals surface area (Å²) in [6.45, 7) is 1.99. The van der Waals surface area contributed by atoms with Crippen LogP contribution in [0.5, 0.6) is 0 Å². The Labute approximate surface area is 162 Å². The number of anilines is 1. The molecular weight excluding hydrogens is 368 g/mol. The molecule has 0 radical (unpaired) electrons. The van der Waals surface area contributed by atoms with Gasteiger partial charge in [-0.15, -0.1) is 0 Å². The Hall–Kier alpha value is -2.54. The standard InChI is InChI=1S/C19H23ClN4O3/c1-2-16-15(11-21-24(16)17-6-4-3-5-14(17)20)23-19(27)22-13-9-7-12(8-10-13)18(25)26/h3-6,11-13H,2,7-10H2,1H3,(H,25,26)(H2,22,23,27). The first kappa shape index (κ1) is 19.2. The summed E-state index contributed by atoms with van der Waals surface area (Å²) in [5, 5.41) is 19.8. The van der Waals surface area contributed by atoms with Gasteiger partial charge in [-0.3, -0.25) is 4.79 Å². The van der Waals surface area contributed by atoms with Gasteiger partial charge >= 0.3 is 12.0 Å². The fraction of sp³-hybridized carbons (Fsp3) is 0.421. The second kappa shape index (κ2) is 8.43. The summed E-state index contributed by atoms with van der Waals surface area (Å²) in [4.78, 5) is 23.4. The summed E-state index contributed by atoms with van der Waals surface area (Å²) in [7, 11) is 0. The maximum absolute atomic E-state index is 12.4. The van der Waals surface area contributed by atoms with Crippen LogP contribution in [-0.4, -0.2) is 32.9 Å². The van der Waals surface area contributed by atoms with Crippen LogP contribution in [0, 0.1) is 5.92 Å². The van der Waals surface area contributed by atoms with E-state index in [2.05, 4.69) is 15.7 Å². The second-order valence-corrected chi connectivity index (χ2v) is 7.11. The van der Waals surface area contributed by atoms with E-state index in [4.69, 9.17) is 16.7 Å². The molecule has 7 nitrogen and oxygen atoms in total. The number of para-hydroxylation sites is 1. The lowest BCUT2D eigenvalue weighted by atomic mass is 9.86. The highest BCUT2D eigenvalue weighted by Gasteiger charge is 2.27. The van der Waals surface area contributed by atoms with E-state index in [9.17, 15) is 9.59 Å². The third-order valence-electron chi connectivity index (χ3n) is 4.94. The van der Waals surface area contributed by atoms with Crippen LogP contribution < -0.4 is 10.6 Å². The van der Waals surface area contributed by atoms with E-state index in [1.807, 2.05) is 25.1 Å². The van der Waals surface area contributed by atoms with Crippen molar-refractivity contribution in [3.8, 4) is 5.69 Å². The lowest BCUT2D eigenvalue weighted by Gasteiger charge is -2.26. The number of benzene rings is 1. The van der Waals surface area contributed by atoms with Gasteiger partial charge in [0.1, 0.15) is 0 Å². The molecule has 1 heterocycles. The third kappa shape index (κ3) is 4.42. The Balaban J connectivity index is 1.65. The summed E-state index contributed by atoms with van der Waals surface area (Å²) in [6, 6.07) is 7.10. The van der Waals surface area contributed by atoms with Crippen LogP contribution in [0.25, 0.3) is 5.69 Å². The highest BCUT2D eigenvalue weighted by molar-refractivity contribution is 6.32. The van der Waals surface area contributed by atoms with E-state index in [0.717, 1.165) is 11.4 Å². The van der Waals surface area contributed by atoms with Crippen molar-refractivity contribution in [3.63, 3.8) is 0 Å². The van der Waals surface area contributed by atoms with Crippen LogP contribution in [-0.2, 0) is 11.2 Å². The van der Waals surface area contributed by atoms with Crippen molar-refractivity contribution in [3.05, 3.63) is 41.2 Å². The number of aliphatic carboxylic acids is 1. The zero-order valence-corrected chi connectivity index (χ0v) is 15.9. The Morgan fingerprint density at radius 1 is 1.26 bits per heavy atom. The average Bonchev–Trinajstić information content (AvgIpc) is 3.04. The molecule has 3 N–H and O–H groups in total. The van der Waals surface area contributed by atoms with Crippen molar-refractivity contribution in [1.82, 2.24) is 15.1 Å². The first-order valence-electron chi connectivity index (χ1n) is 9.11. The van der Waals surface area contributed by atoms with Gasteiger partial charge in [0.2, 0.25) is 0 Å². The Morgan fingerprint density at radius 2 is 1.96 bits per heavy atom. The summed E-state index contributed by atoms with van der Waals surface area (Å²) in [5.74, 6) is -1.05. The molecule has 0 saturated heterocycles. The highest BCUT2D eigenvalue weighted by Crippen LogP contribution is 2.26. The minimum absolute atomic E-state index is 0.00992. The van der Waals surface area contributed by atoms with E-state index in [0.29, 0.717) is 42.8 Å². The van der Waals surface area contributed by atoms with Crippen LogP contribution in [0.1, 0.15) is 38.3 Å². The summed E-state index contributed by atoms with van der Waals surface area (Å²) < 4.78 is 1.73. The van der Waals surface area contributed by atoms with Crippen molar-refractivity contribution >= 4 is 29.3 Å². The molecule has 1 aliphatic rings. The van der Waals surface area contributed by atoms with Gasteiger partial charge in [0.15, 0.2) is 0 Å². The maximum Gasteiger partial charge on any atom is 0.319 e. The minimum atomic E-state index is -0.752. The van der Waals surface area contributed by atoms with Crippen molar-refractivity contribution in [1.29, 1.82) is 0 Å². The van der Waals surface area contributed by atoms with Crippen molar-refractivity contribution in [2.45, 2.75) is 45.1 Å². The highest BCUT2D eigenvalue weighted by atomic mass is 35.5. The number of amides is 2. The molecule has 1 aromatic carbocycles. The molecule has 0 bridgehead atoms. The molecule has 0 spiro atoms. The van der Waals surface area contributed by atoms with Gasteiger partial charge in [-0.2, -0.15) is 5.10 Å². The number of carboxylic acid groups (broad SMARTS) is 1. The molecule has 27 heavy (non-hydrogen) atoms. The number of carboxylic acids is 1. The van der Waals surface area contributed by atoms with E-state index >= 15 is 0 Å². The molecule has 2 aromatic rings. The van der Waals surface area contributed by atoms with Gasteiger partial charge in [0.05, 0.1) is 34.2 Å². The fourth-order valence-electron chi connectivity index (χ4n) is 3.48. The van der Waals surface area contributed by atoms with Crippen molar-refractivity contribution in [2.24, 2.45) is 5.92 Å². The molecule has 2 amide bonds. The first-order valence-corrected chi connectivity index (χ1v) is 9.49. The van der Waals surface area contributed by atoms with E-state index in [1.165, 1.54) is 0 Å². The normalized spacial score (nSPS) is 19.5. The molecule has 0 atom stereocenters. The second-order valence-electron chi connectivity index (χ2n) is 6.71. The molecule has 1 aromatic heterocycles. The average molecular weight is 391 g/mol. The van der Waals surface area contributed by atoms with Gasteiger partial charge in [-0.25, -0.2) is 9.48 Å². The lowest BCUT2D eigenvalue weighted by molar-refractivity contribution is -0.142. The smallest absolute Gasteiger partial charge is 0.319 e. The molecular formula is C19H23ClN4O3. The number of nitrogens with zero attached hydrogens (tertiary/aromatic N) is 2. The van der Waals surface area contributed by atoms with Crippen LogP contribution in [0.2, 0.25) is 5.02 Å². The monoisotopic (exact) mass is 390 g/mol. The van der Waals surface area contributed by atoms with Gasteiger partial charge in [0.25, 0.3) is 0 Å². The number of hydrogen-bond acceptors (Lipinski definition) is 3. The third-order valence-corrected chi connectivity index (χ3v) is 5.26. The molecule has 1 saturated carbocycles. The van der Waals surface area contributed by atoms with Gasteiger partial charge < -0.3 is 15.7 Å². The predicted molar refractivity (Wildman–Crippen MR) is 103 cm³/mol. The molecule has 144 valence electrons. The van der Waals surface area contributed by atoms with Crippen LogP contribution in [0.4, 0.5) is 10.5 Å². The first-order chi connectivity index (χ1) is 13.0. The molecule has 1 fully saturated rings. The molecule has 0 unspecified atom stereocenters. The molecule has 1 aliphatic carbocycles. The van der Waals surface area contributed by atoms with Crippen molar-refractivity contribution in [2.75, 3.05) is 5.32 Å². The van der Waals surface area contributed by atoms with E-state index in [1.54, 1.807) is 16.9 Å². The Morgan fingerprint density at radius 3 is 2.59 bits per heavy atom. The minimum Gasteiger partial charge on any atom is -0.481 e. The number of nitrogens with one attached hydrogen (secondary N) is 2. The quantitative estimate of drug-likeness (QED) is 0.722. The van der Waals surface area contributed by atoms with Crippen LogP contribution in [0.15, 0.2) is 30.5 Å². The fourth-order valence-corrected chi connectivity index (χ4v) is 3.69. The number of aromatic nitrogens is 2. The topological polar surface area (TPSA) is 96.2 Å². The van der Waals surface area contributed by atoms with E-state index in [-0.39, 0.29) is 18.0 Å². The summed E-state index contributed by atoms with van der Waals surface area (Å²) in [6.07, 6.45) is 4.80. The number of halogens is 1. The van der Waals surface area contributed by atoms with Gasteiger partial charge in [-0.05, 0) is 44.2 Å². The van der Waals surface area contributed by atoms with Gasteiger partial charge in [0, 0.05) is 6.04 Å². The predicted octanol–water partition coefficient (Wildman–Crippen LogP) is 3.85. The van der Waals surface area contributed by atoms with Crippen molar-refractivity contribution < 1.29 is 14.7 Å². The number of rotatable bonds is 5. The van der Waals surface area contributed by atoms with Crippen LogP contribution >= 0.6 is 11.6 Å².